The summed E-state index contributed by atoms with van der Waals surface area (Å²) in [5.74, 6) is 0.168. The predicted molar refractivity (Wildman–Crippen MR) is 55.9 cm³/mol. The smallest absolute Gasteiger partial charge is 0.223 e. The zero-order chi connectivity index (χ0) is 10.9. The lowest BCUT2D eigenvalue weighted by atomic mass is 9.91. The standard InChI is InChI=1S/C11H21NO2/c1-8-5-9(13)7-12(8)10(14)6-11(2,3)4/h8-9,13H,5-7H2,1-4H3. The molecule has 1 saturated heterocycles. The van der Waals surface area contributed by atoms with Crippen LogP contribution >= 0.6 is 0 Å². The number of rotatable bonds is 1. The maximum Gasteiger partial charge on any atom is 0.223 e. The highest BCUT2D eigenvalue weighted by Crippen LogP contribution is 2.24. The van der Waals surface area contributed by atoms with Crippen LogP contribution in [0.4, 0.5) is 0 Å². The number of carbonyl (C=O) groups is 1. The molecule has 3 heteroatoms. The highest BCUT2D eigenvalue weighted by atomic mass is 16.3. The van der Waals surface area contributed by atoms with Gasteiger partial charge in [-0.25, -0.2) is 0 Å². The normalized spacial score (nSPS) is 28.2. The van der Waals surface area contributed by atoms with E-state index in [0.717, 1.165) is 6.42 Å². The molecule has 1 aliphatic heterocycles. The lowest BCUT2D eigenvalue weighted by Crippen LogP contribution is -2.36. The first-order chi connectivity index (χ1) is 6.29. The fourth-order valence-corrected chi connectivity index (χ4v) is 1.91. The summed E-state index contributed by atoms with van der Waals surface area (Å²) < 4.78 is 0. The zero-order valence-corrected chi connectivity index (χ0v) is 9.58. The number of hydrogen-bond donors (Lipinski definition) is 1. The van der Waals surface area contributed by atoms with Crippen molar-refractivity contribution >= 4 is 5.91 Å². The second kappa shape index (κ2) is 3.89. The molecular weight excluding hydrogens is 178 g/mol. The molecule has 0 aromatic heterocycles. The Morgan fingerprint density at radius 3 is 2.43 bits per heavy atom. The van der Waals surface area contributed by atoms with Crippen molar-refractivity contribution in [2.45, 2.75) is 52.7 Å². The highest BCUT2D eigenvalue weighted by molar-refractivity contribution is 5.77. The van der Waals surface area contributed by atoms with Crippen molar-refractivity contribution in [3.8, 4) is 0 Å². The van der Waals surface area contributed by atoms with Gasteiger partial charge in [-0.1, -0.05) is 20.8 Å². The third-order valence-electron chi connectivity index (χ3n) is 2.55. The number of β-amino-alcohol motifs (C(OH)–C–C–N with tert-alkyl or cyclic N) is 1. The molecule has 0 saturated carbocycles. The summed E-state index contributed by atoms with van der Waals surface area (Å²) in [4.78, 5) is 13.6. The first kappa shape index (κ1) is 11.5. The zero-order valence-electron chi connectivity index (χ0n) is 9.58. The SMILES string of the molecule is CC1CC(O)CN1C(=O)CC(C)(C)C. The van der Waals surface area contributed by atoms with Crippen LogP contribution in [0.2, 0.25) is 0 Å². The summed E-state index contributed by atoms with van der Waals surface area (Å²) in [7, 11) is 0. The van der Waals surface area contributed by atoms with Crippen molar-refractivity contribution in [1.82, 2.24) is 4.90 Å². The molecular formula is C11H21NO2. The van der Waals surface area contributed by atoms with Crippen molar-refractivity contribution in [2.24, 2.45) is 5.41 Å². The minimum atomic E-state index is -0.325. The molecule has 0 bridgehead atoms. The van der Waals surface area contributed by atoms with Gasteiger partial charge >= 0.3 is 0 Å². The van der Waals surface area contributed by atoms with Gasteiger partial charge in [-0.05, 0) is 18.8 Å². The van der Waals surface area contributed by atoms with Gasteiger partial charge in [0.15, 0.2) is 0 Å². The van der Waals surface area contributed by atoms with Crippen molar-refractivity contribution in [3.63, 3.8) is 0 Å². The maximum atomic E-state index is 11.8. The summed E-state index contributed by atoms with van der Waals surface area (Å²) in [6, 6.07) is 0.194. The molecule has 0 aromatic carbocycles. The summed E-state index contributed by atoms with van der Waals surface area (Å²) in [6.07, 6.45) is 0.953. The lowest BCUT2D eigenvalue weighted by Gasteiger charge is -2.25. The van der Waals surface area contributed by atoms with Crippen LogP contribution in [0.3, 0.4) is 0 Å². The average Bonchev–Trinajstić information content (AvgIpc) is 2.26. The van der Waals surface area contributed by atoms with Gasteiger partial charge in [0.1, 0.15) is 0 Å². The topological polar surface area (TPSA) is 40.5 Å². The van der Waals surface area contributed by atoms with E-state index >= 15 is 0 Å². The molecule has 0 radical (unpaired) electrons. The van der Waals surface area contributed by atoms with Crippen LogP contribution in [-0.4, -0.2) is 34.6 Å². The second-order valence-corrected chi connectivity index (χ2v) is 5.52. The first-order valence-electron chi connectivity index (χ1n) is 5.27. The molecule has 82 valence electrons. The molecule has 0 aliphatic carbocycles. The number of likely N-dealkylation sites (tertiary alicyclic amines) is 1. The van der Waals surface area contributed by atoms with Gasteiger partial charge in [-0.3, -0.25) is 4.79 Å². The van der Waals surface area contributed by atoms with Gasteiger partial charge in [-0.15, -0.1) is 0 Å². The van der Waals surface area contributed by atoms with E-state index in [1.54, 1.807) is 4.90 Å². The van der Waals surface area contributed by atoms with Gasteiger partial charge in [0, 0.05) is 19.0 Å². The van der Waals surface area contributed by atoms with Crippen LogP contribution in [0.1, 0.15) is 40.5 Å². The van der Waals surface area contributed by atoms with E-state index in [0.29, 0.717) is 13.0 Å². The number of amides is 1. The van der Waals surface area contributed by atoms with E-state index in [1.165, 1.54) is 0 Å². The van der Waals surface area contributed by atoms with E-state index in [1.807, 2.05) is 6.92 Å². The minimum absolute atomic E-state index is 0.0321. The Bertz CT molecular complexity index is 220. The average molecular weight is 199 g/mol. The Morgan fingerprint density at radius 1 is 1.50 bits per heavy atom. The van der Waals surface area contributed by atoms with Crippen LogP contribution in [-0.2, 0) is 4.79 Å². The van der Waals surface area contributed by atoms with Crippen molar-refractivity contribution in [3.05, 3.63) is 0 Å². The molecule has 0 aromatic rings. The number of aliphatic hydroxyl groups is 1. The fraction of sp³-hybridized carbons (Fsp3) is 0.909. The largest absolute Gasteiger partial charge is 0.391 e. The molecule has 1 amide bonds. The van der Waals surface area contributed by atoms with E-state index < -0.39 is 0 Å². The van der Waals surface area contributed by atoms with Gasteiger partial charge in [-0.2, -0.15) is 0 Å². The quantitative estimate of drug-likeness (QED) is 0.693. The first-order valence-corrected chi connectivity index (χ1v) is 5.27. The second-order valence-electron chi connectivity index (χ2n) is 5.52. The molecule has 2 atom stereocenters. The Labute approximate surface area is 86.1 Å². The summed E-state index contributed by atoms with van der Waals surface area (Å²) in [5, 5.41) is 9.42. The van der Waals surface area contributed by atoms with Crippen LogP contribution in [0.25, 0.3) is 0 Å². The third kappa shape index (κ3) is 2.98. The van der Waals surface area contributed by atoms with Gasteiger partial charge in [0.05, 0.1) is 6.10 Å². The number of carbonyl (C=O) groups excluding carboxylic acids is 1. The molecule has 1 aliphatic rings. The van der Waals surface area contributed by atoms with Gasteiger partial charge in [0.2, 0.25) is 5.91 Å². The molecule has 1 heterocycles. The third-order valence-corrected chi connectivity index (χ3v) is 2.55. The van der Waals surface area contributed by atoms with E-state index in [-0.39, 0.29) is 23.5 Å². The summed E-state index contributed by atoms with van der Waals surface area (Å²) in [6.45, 7) is 8.68. The van der Waals surface area contributed by atoms with Crippen LogP contribution in [0.15, 0.2) is 0 Å². The molecule has 0 spiro atoms. The lowest BCUT2D eigenvalue weighted by molar-refractivity contribution is -0.133. The number of aliphatic hydroxyl groups excluding tert-OH is 1. The molecule has 1 rings (SSSR count). The Balaban J connectivity index is 2.53. The monoisotopic (exact) mass is 199 g/mol. The Morgan fingerprint density at radius 2 is 2.07 bits per heavy atom. The van der Waals surface area contributed by atoms with E-state index in [9.17, 15) is 9.90 Å². The van der Waals surface area contributed by atoms with Gasteiger partial charge < -0.3 is 10.0 Å². The summed E-state index contributed by atoms with van der Waals surface area (Å²) in [5.41, 5.74) is 0.0321. The minimum Gasteiger partial charge on any atom is -0.391 e. The predicted octanol–water partition coefficient (Wildman–Crippen LogP) is 1.40. The Hall–Kier alpha value is -0.570. The highest BCUT2D eigenvalue weighted by Gasteiger charge is 2.32. The van der Waals surface area contributed by atoms with Crippen LogP contribution in [0.5, 0.6) is 0 Å². The fourth-order valence-electron chi connectivity index (χ4n) is 1.91. The molecule has 1 N–H and O–H groups in total. The van der Waals surface area contributed by atoms with E-state index in [2.05, 4.69) is 20.8 Å². The van der Waals surface area contributed by atoms with E-state index in [4.69, 9.17) is 0 Å². The summed E-state index contributed by atoms with van der Waals surface area (Å²) >= 11 is 0. The Kier molecular flexibility index (Phi) is 3.20. The number of nitrogens with zero attached hydrogens (tertiary/aromatic N) is 1. The molecule has 14 heavy (non-hydrogen) atoms. The van der Waals surface area contributed by atoms with Crippen molar-refractivity contribution in [1.29, 1.82) is 0 Å². The van der Waals surface area contributed by atoms with Crippen LogP contribution in [0, 0.1) is 5.41 Å². The molecule has 2 unspecified atom stereocenters. The molecule has 3 nitrogen and oxygen atoms in total. The van der Waals surface area contributed by atoms with Crippen LogP contribution < -0.4 is 0 Å². The van der Waals surface area contributed by atoms with Crippen molar-refractivity contribution < 1.29 is 9.90 Å². The number of hydrogen-bond acceptors (Lipinski definition) is 2. The van der Waals surface area contributed by atoms with Gasteiger partial charge in [0.25, 0.3) is 0 Å². The maximum absolute atomic E-state index is 11.8. The van der Waals surface area contributed by atoms with Crippen molar-refractivity contribution in [2.75, 3.05) is 6.54 Å². The molecule has 1 fully saturated rings.